The molecule has 156 valence electrons. The number of nitrogens with zero attached hydrogens (tertiary/aromatic N) is 5. The highest BCUT2D eigenvalue weighted by Crippen LogP contribution is 2.36. The number of hydrogen-bond donors (Lipinski definition) is 0. The molecule has 3 aromatic heterocycles. The molecule has 1 fully saturated rings. The SMILES string of the molecule is N#Cc1cn(C2CC2)c(=O)n(CC(=O)N2N=C(c3cccs3)CC2c2cccs2)c1=O. The van der Waals surface area contributed by atoms with Crippen molar-refractivity contribution in [2.24, 2.45) is 5.10 Å². The van der Waals surface area contributed by atoms with Gasteiger partial charge in [-0.3, -0.25) is 14.2 Å². The minimum atomic E-state index is -0.743. The van der Waals surface area contributed by atoms with Gasteiger partial charge in [0, 0.05) is 23.5 Å². The van der Waals surface area contributed by atoms with E-state index in [4.69, 9.17) is 0 Å². The Kier molecular flexibility index (Phi) is 4.92. The average Bonchev–Trinajstić information content (AvgIpc) is 3.21. The van der Waals surface area contributed by atoms with Gasteiger partial charge in [-0.15, -0.1) is 22.7 Å². The third-order valence-corrected chi connectivity index (χ3v) is 7.29. The van der Waals surface area contributed by atoms with Crippen LogP contribution in [0, 0.1) is 11.3 Å². The summed E-state index contributed by atoms with van der Waals surface area (Å²) in [5.41, 5.74) is -0.644. The summed E-state index contributed by atoms with van der Waals surface area (Å²) in [6.07, 6.45) is 3.50. The molecule has 8 nitrogen and oxygen atoms in total. The molecular formula is C21H17N5O3S2. The van der Waals surface area contributed by atoms with Crippen LogP contribution < -0.4 is 11.2 Å². The number of hydrazone groups is 1. The fraction of sp³-hybridized carbons (Fsp3) is 0.286. The molecule has 0 N–H and O–H groups in total. The van der Waals surface area contributed by atoms with E-state index in [1.165, 1.54) is 27.1 Å². The summed E-state index contributed by atoms with van der Waals surface area (Å²) in [5.74, 6) is -0.457. The van der Waals surface area contributed by atoms with Gasteiger partial charge in [0.25, 0.3) is 11.5 Å². The second-order valence-corrected chi connectivity index (χ2v) is 9.39. The topological polar surface area (TPSA) is 100 Å². The Morgan fingerprint density at radius 1 is 1.19 bits per heavy atom. The lowest BCUT2D eigenvalue weighted by atomic mass is 10.1. The number of thiophene rings is 2. The van der Waals surface area contributed by atoms with Crippen LogP contribution in [0.3, 0.4) is 0 Å². The summed E-state index contributed by atoms with van der Waals surface area (Å²) in [7, 11) is 0. The molecule has 0 spiro atoms. The van der Waals surface area contributed by atoms with E-state index in [9.17, 15) is 19.6 Å². The Hall–Kier alpha value is -3.29. The molecule has 1 aliphatic carbocycles. The summed E-state index contributed by atoms with van der Waals surface area (Å²) in [4.78, 5) is 40.8. The first-order valence-electron chi connectivity index (χ1n) is 9.79. The van der Waals surface area contributed by atoms with Gasteiger partial charge in [-0.05, 0) is 35.7 Å². The van der Waals surface area contributed by atoms with Crippen molar-refractivity contribution in [2.45, 2.75) is 37.9 Å². The van der Waals surface area contributed by atoms with E-state index >= 15 is 0 Å². The van der Waals surface area contributed by atoms with Crippen molar-refractivity contribution in [2.75, 3.05) is 0 Å². The lowest BCUT2D eigenvalue weighted by molar-refractivity contribution is -0.133. The van der Waals surface area contributed by atoms with Crippen LogP contribution in [-0.2, 0) is 11.3 Å². The van der Waals surface area contributed by atoms with Crippen LogP contribution in [0.1, 0.15) is 46.7 Å². The molecule has 1 aliphatic heterocycles. The first-order valence-corrected chi connectivity index (χ1v) is 11.6. The Morgan fingerprint density at radius 3 is 2.61 bits per heavy atom. The van der Waals surface area contributed by atoms with Crippen molar-refractivity contribution in [1.29, 1.82) is 5.26 Å². The van der Waals surface area contributed by atoms with Gasteiger partial charge in [-0.2, -0.15) is 10.4 Å². The standard InChI is InChI=1S/C21H17N5O3S2/c22-10-13-11-24(14-5-6-14)21(29)25(20(13)28)12-19(27)26-16(18-4-2-8-31-18)9-15(23-26)17-3-1-7-30-17/h1-4,7-8,11,14,16H,5-6,9,12H2. The Morgan fingerprint density at radius 2 is 1.97 bits per heavy atom. The number of amides is 1. The molecule has 31 heavy (non-hydrogen) atoms. The molecule has 0 aromatic carbocycles. The fourth-order valence-corrected chi connectivity index (χ4v) is 5.23. The number of rotatable bonds is 5. The largest absolute Gasteiger partial charge is 0.331 e. The van der Waals surface area contributed by atoms with Crippen molar-refractivity contribution in [3.63, 3.8) is 0 Å². The van der Waals surface area contributed by atoms with Crippen molar-refractivity contribution in [1.82, 2.24) is 14.1 Å². The molecule has 0 radical (unpaired) electrons. The zero-order chi connectivity index (χ0) is 21.5. The van der Waals surface area contributed by atoms with Crippen LogP contribution in [0.5, 0.6) is 0 Å². The van der Waals surface area contributed by atoms with Gasteiger partial charge in [-0.25, -0.2) is 14.4 Å². The monoisotopic (exact) mass is 451 g/mol. The third-order valence-electron chi connectivity index (χ3n) is 5.39. The summed E-state index contributed by atoms with van der Waals surface area (Å²) in [6.45, 7) is -0.455. The van der Waals surface area contributed by atoms with Gasteiger partial charge in [0.2, 0.25) is 0 Å². The second-order valence-electron chi connectivity index (χ2n) is 7.46. The average molecular weight is 452 g/mol. The summed E-state index contributed by atoms with van der Waals surface area (Å²) >= 11 is 3.08. The molecule has 10 heteroatoms. The maximum atomic E-state index is 13.3. The van der Waals surface area contributed by atoms with Crippen LogP contribution in [0.15, 0.2) is 55.9 Å². The minimum Gasteiger partial charge on any atom is -0.296 e. The molecule has 0 bridgehead atoms. The maximum absolute atomic E-state index is 13.3. The summed E-state index contributed by atoms with van der Waals surface area (Å²) in [6, 6.07) is 9.29. The van der Waals surface area contributed by atoms with E-state index in [0.29, 0.717) is 6.42 Å². The van der Waals surface area contributed by atoms with Gasteiger partial charge >= 0.3 is 5.69 Å². The fourth-order valence-electron chi connectivity index (χ4n) is 3.69. The van der Waals surface area contributed by atoms with Gasteiger partial charge in [0.1, 0.15) is 18.2 Å². The van der Waals surface area contributed by atoms with E-state index in [1.54, 1.807) is 11.3 Å². The molecule has 1 atom stereocenters. The van der Waals surface area contributed by atoms with E-state index in [0.717, 1.165) is 32.9 Å². The molecule has 4 heterocycles. The van der Waals surface area contributed by atoms with Gasteiger partial charge in [-0.1, -0.05) is 12.1 Å². The number of hydrogen-bond acceptors (Lipinski definition) is 7. The lowest BCUT2D eigenvalue weighted by Crippen LogP contribution is -2.44. The van der Waals surface area contributed by atoms with Crippen molar-refractivity contribution in [3.05, 3.63) is 77.4 Å². The van der Waals surface area contributed by atoms with E-state index in [-0.39, 0.29) is 17.6 Å². The predicted octanol–water partition coefficient (Wildman–Crippen LogP) is 2.72. The molecule has 2 aliphatic rings. The van der Waals surface area contributed by atoms with Crippen molar-refractivity contribution in [3.8, 4) is 6.07 Å². The zero-order valence-electron chi connectivity index (χ0n) is 16.3. The van der Waals surface area contributed by atoms with Gasteiger partial charge in [0.05, 0.1) is 16.6 Å². The first kappa shape index (κ1) is 19.7. The Bertz CT molecular complexity index is 1320. The summed E-state index contributed by atoms with van der Waals surface area (Å²) in [5, 5.41) is 19.2. The highest BCUT2D eigenvalue weighted by atomic mass is 32.1. The van der Waals surface area contributed by atoms with E-state index in [1.807, 2.05) is 41.1 Å². The van der Waals surface area contributed by atoms with Gasteiger partial charge < -0.3 is 0 Å². The van der Waals surface area contributed by atoms with E-state index < -0.39 is 23.7 Å². The normalized spacial score (nSPS) is 18.1. The molecule has 1 unspecified atom stereocenters. The Labute approximate surface area is 184 Å². The molecule has 5 rings (SSSR count). The quantitative estimate of drug-likeness (QED) is 0.595. The first-order chi connectivity index (χ1) is 15.1. The zero-order valence-corrected chi connectivity index (χ0v) is 17.9. The van der Waals surface area contributed by atoms with Crippen molar-refractivity contribution < 1.29 is 4.79 Å². The number of nitriles is 1. The molecule has 1 saturated carbocycles. The van der Waals surface area contributed by atoms with Crippen LogP contribution >= 0.6 is 22.7 Å². The molecular weight excluding hydrogens is 434 g/mol. The van der Waals surface area contributed by atoms with Crippen molar-refractivity contribution >= 4 is 34.3 Å². The van der Waals surface area contributed by atoms with Crippen LogP contribution in [0.2, 0.25) is 0 Å². The highest BCUT2D eigenvalue weighted by molar-refractivity contribution is 7.12. The van der Waals surface area contributed by atoms with Crippen LogP contribution in [-0.4, -0.2) is 25.8 Å². The van der Waals surface area contributed by atoms with Crippen LogP contribution in [0.4, 0.5) is 0 Å². The van der Waals surface area contributed by atoms with Gasteiger partial charge in [0.15, 0.2) is 0 Å². The van der Waals surface area contributed by atoms with E-state index in [2.05, 4.69) is 5.10 Å². The predicted molar refractivity (Wildman–Crippen MR) is 117 cm³/mol. The number of aromatic nitrogens is 2. The Balaban J connectivity index is 1.52. The maximum Gasteiger partial charge on any atom is 0.331 e. The number of carbonyl (C=O) groups excluding carboxylic acids is 1. The third kappa shape index (κ3) is 3.56. The second kappa shape index (κ2) is 7.76. The minimum absolute atomic E-state index is 0.0179. The summed E-state index contributed by atoms with van der Waals surface area (Å²) < 4.78 is 2.26. The molecule has 1 amide bonds. The number of carbonyl (C=O) groups is 1. The highest BCUT2D eigenvalue weighted by Gasteiger charge is 2.35. The van der Waals surface area contributed by atoms with Crippen LogP contribution in [0.25, 0.3) is 0 Å². The smallest absolute Gasteiger partial charge is 0.296 e. The lowest BCUT2D eigenvalue weighted by Gasteiger charge is -2.21. The molecule has 3 aromatic rings. The molecule has 0 saturated heterocycles.